The lowest BCUT2D eigenvalue weighted by molar-refractivity contribution is -0.120. The van der Waals surface area contributed by atoms with Crippen LogP contribution in [0, 0.1) is 19.7 Å². The largest absolute Gasteiger partial charge is 0.483 e. The summed E-state index contributed by atoms with van der Waals surface area (Å²) in [6.07, 6.45) is 0.00654. The van der Waals surface area contributed by atoms with E-state index in [4.69, 9.17) is 10.5 Å². The Morgan fingerprint density at radius 3 is 2.44 bits per heavy atom. The molecule has 0 aliphatic carbocycles. The molecule has 2 aromatic rings. The van der Waals surface area contributed by atoms with Crippen LogP contribution < -0.4 is 15.4 Å². The Bertz CT molecular complexity index is 760. The van der Waals surface area contributed by atoms with Crippen LogP contribution in [0.2, 0.25) is 0 Å². The van der Waals surface area contributed by atoms with Crippen LogP contribution in [0.3, 0.4) is 0 Å². The molecule has 0 aliphatic rings. The molecule has 2 aromatic carbocycles. The van der Waals surface area contributed by atoms with Gasteiger partial charge >= 0.3 is 0 Å². The first-order valence-electron chi connectivity index (χ1n) is 7.91. The molecular formula is C19H21FN2O3. The maximum atomic E-state index is 13.1. The molecule has 25 heavy (non-hydrogen) atoms. The highest BCUT2D eigenvalue weighted by Gasteiger charge is 2.18. The number of nitrogens with two attached hydrogens (primary N) is 1. The van der Waals surface area contributed by atoms with Crippen LogP contribution >= 0.6 is 0 Å². The summed E-state index contributed by atoms with van der Waals surface area (Å²) in [6.45, 7) is 3.74. The van der Waals surface area contributed by atoms with Crippen LogP contribution in [0.15, 0.2) is 42.5 Å². The molecule has 0 fully saturated rings. The zero-order valence-corrected chi connectivity index (χ0v) is 14.3. The van der Waals surface area contributed by atoms with Gasteiger partial charge in [-0.1, -0.05) is 12.1 Å². The Balaban J connectivity index is 2.12. The lowest BCUT2D eigenvalue weighted by atomic mass is 10.1. The number of primary amides is 1. The Kier molecular flexibility index (Phi) is 6.11. The van der Waals surface area contributed by atoms with Crippen molar-refractivity contribution in [1.82, 2.24) is 0 Å². The van der Waals surface area contributed by atoms with Crippen molar-refractivity contribution in [1.29, 1.82) is 0 Å². The summed E-state index contributed by atoms with van der Waals surface area (Å²) in [4.78, 5) is 25.0. The Labute approximate surface area is 146 Å². The van der Waals surface area contributed by atoms with Gasteiger partial charge in [-0.15, -0.1) is 0 Å². The Morgan fingerprint density at radius 1 is 1.12 bits per heavy atom. The van der Waals surface area contributed by atoms with E-state index in [-0.39, 0.29) is 25.5 Å². The average molecular weight is 344 g/mol. The van der Waals surface area contributed by atoms with Gasteiger partial charge in [0.25, 0.3) is 5.91 Å². The van der Waals surface area contributed by atoms with Gasteiger partial charge in [0, 0.05) is 18.7 Å². The van der Waals surface area contributed by atoms with Crippen molar-refractivity contribution in [3.8, 4) is 5.75 Å². The van der Waals surface area contributed by atoms with E-state index in [1.807, 2.05) is 32.0 Å². The van der Waals surface area contributed by atoms with Crippen molar-refractivity contribution >= 4 is 17.5 Å². The number of hydrogen-bond acceptors (Lipinski definition) is 3. The molecule has 0 bridgehead atoms. The van der Waals surface area contributed by atoms with Crippen molar-refractivity contribution in [2.45, 2.75) is 20.3 Å². The van der Waals surface area contributed by atoms with Gasteiger partial charge in [-0.2, -0.15) is 0 Å². The fourth-order valence-electron chi connectivity index (χ4n) is 2.32. The topological polar surface area (TPSA) is 72.6 Å². The molecule has 5 nitrogen and oxygen atoms in total. The number of halogens is 1. The molecule has 0 atom stereocenters. The summed E-state index contributed by atoms with van der Waals surface area (Å²) in [6, 6.07) is 11.2. The lowest BCUT2D eigenvalue weighted by Gasteiger charge is -2.22. The molecule has 0 saturated carbocycles. The van der Waals surface area contributed by atoms with Gasteiger partial charge in [0.2, 0.25) is 5.91 Å². The number of amides is 2. The molecule has 0 aliphatic heterocycles. The number of ether oxygens (including phenoxy) is 1. The van der Waals surface area contributed by atoms with Crippen LogP contribution in [0.5, 0.6) is 5.75 Å². The quantitative estimate of drug-likeness (QED) is 0.839. The average Bonchev–Trinajstić information content (AvgIpc) is 2.57. The zero-order valence-electron chi connectivity index (χ0n) is 14.3. The lowest BCUT2D eigenvalue weighted by Crippen LogP contribution is -2.37. The summed E-state index contributed by atoms with van der Waals surface area (Å²) >= 11 is 0. The fourth-order valence-corrected chi connectivity index (χ4v) is 2.32. The predicted octanol–water partition coefficient (Wildman–Crippen LogP) is 2.73. The predicted molar refractivity (Wildman–Crippen MR) is 94.0 cm³/mol. The first-order chi connectivity index (χ1) is 11.9. The van der Waals surface area contributed by atoms with Crippen molar-refractivity contribution in [3.63, 3.8) is 0 Å². The Morgan fingerprint density at radius 2 is 1.80 bits per heavy atom. The van der Waals surface area contributed by atoms with Crippen LogP contribution in [-0.4, -0.2) is 25.0 Å². The number of anilines is 1. The van der Waals surface area contributed by atoms with Gasteiger partial charge in [0.05, 0.1) is 0 Å². The van der Waals surface area contributed by atoms with Crippen molar-refractivity contribution in [2.24, 2.45) is 5.73 Å². The summed E-state index contributed by atoms with van der Waals surface area (Å²) < 4.78 is 18.7. The number of carbonyl (C=O) groups excluding carboxylic acids is 2. The molecule has 2 amide bonds. The molecule has 0 unspecified atom stereocenters. The number of nitrogens with zero attached hydrogens (tertiary/aromatic N) is 1. The van der Waals surface area contributed by atoms with Crippen LogP contribution in [0.25, 0.3) is 0 Å². The third-order valence-electron chi connectivity index (χ3n) is 3.72. The summed E-state index contributed by atoms with van der Waals surface area (Å²) in [5.41, 5.74) is 7.61. The third kappa shape index (κ3) is 5.31. The minimum Gasteiger partial charge on any atom is -0.483 e. The van der Waals surface area contributed by atoms with E-state index in [1.54, 1.807) is 0 Å². The number of hydrogen-bond donors (Lipinski definition) is 1. The number of benzene rings is 2. The van der Waals surface area contributed by atoms with E-state index in [9.17, 15) is 14.0 Å². The van der Waals surface area contributed by atoms with E-state index in [0.717, 1.165) is 11.1 Å². The van der Waals surface area contributed by atoms with Gasteiger partial charge in [0.15, 0.2) is 6.61 Å². The van der Waals surface area contributed by atoms with Gasteiger partial charge in [0.1, 0.15) is 11.6 Å². The minimum atomic E-state index is -0.518. The van der Waals surface area contributed by atoms with E-state index in [0.29, 0.717) is 11.4 Å². The number of aryl methyl sites for hydroxylation is 2. The molecular weight excluding hydrogens is 323 g/mol. The third-order valence-corrected chi connectivity index (χ3v) is 3.72. The molecule has 0 spiro atoms. The second-order valence-electron chi connectivity index (χ2n) is 5.80. The van der Waals surface area contributed by atoms with Gasteiger partial charge in [-0.3, -0.25) is 9.59 Å². The van der Waals surface area contributed by atoms with Gasteiger partial charge in [-0.05, 0) is 55.3 Å². The number of rotatable bonds is 7. The zero-order chi connectivity index (χ0) is 18.4. The van der Waals surface area contributed by atoms with Crippen molar-refractivity contribution < 1.29 is 18.7 Å². The summed E-state index contributed by atoms with van der Waals surface area (Å²) in [7, 11) is 0. The van der Waals surface area contributed by atoms with E-state index < -0.39 is 11.7 Å². The molecule has 132 valence electrons. The van der Waals surface area contributed by atoms with Gasteiger partial charge < -0.3 is 15.4 Å². The van der Waals surface area contributed by atoms with Crippen LogP contribution in [0.4, 0.5) is 10.1 Å². The van der Waals surface area contributed by atoms with Crippen LogP contribution in [-0.2, 0) is 9.59 Å². The maximum Gasteiger partial charge on any atom is 0.264 e. The van der Waals surface area contributed by atoms with Gasteiger partial charge in [-0.25, -0.2) is 4.39 Å². The second kappa shape index (κ2) is 8.28. The summed E-state index contributed by atoms with van der Waals surface area (Å²) in [5, 5.41) is 0. The Hall–Kier alpha value is -2.89. The standard InChI is InChI=1S/C19H21FN2O3/c1-13-3-4-14(2)17(11-13)25-12-19(24)22(10-9-18(21)23)16-7-5-15(20)6-8-16/h3-8,11H,9-10,12H2,1-2H3,(H2,21,23). The molecule has 0 heterocycles. The monoisotopic (exact) mass is 344 g/mol. The first kappa shape index (κ1) is 18.4. The molecule has 0 saturated heterocycles. The second-order valence-corrected chi connectivity index (χ2v) is 5.80. The molecule has 2 rings (SSSR count). The normalized spacial score (nSPS) is 10.4. The maximum absolute atomic E-state index is 13.1. The van der Waals surface area contributed by atoms with E-state index in [1.165, 1.54) is 29.2 Å². The molecule has 6 heteroatoms. The number of carbonyl (C=O) groups is 2. The molecule has 2 N–H and O–H groups in total. The van der Waals surface area contributed by atoms with E-state index in [2.05, 4.69) is 0 Å². The fraction of sp³-hybridized carbons (Fsp3) is 0.263. The highest BCUT2D eigenvalue weighted by Crippen LogP contribution is 2.20. The summed E-state index contributed by atoms with van der Waals surface area (Å²) in [5.74, 6) is -0.635. The van der Waals surface area contributed by atoms with E-state index >= 15 is 0 Å². The molecule has 0 radical (unpaired) electrons. The highest BCUT2D eigenvalue weighted by atomic mass is 19.1. The first-order valence-corrected chi connectivity index (χ1v) is 7.91. The van der Waals surface area contributed by atoms with Crippen molar-refractivity contribution in [2.75, 3.05) is 18.1 Å². The smallest absolute Gasteiger partial charge is 0.264 e. The highest BCUT2D eigenvalue weighted by molar-refractivity contribution is 5.95. The van der Waals surface area contributed by atoms with Crippen molar-refractivity contribution in [3.05, 3.63) is 59.4 Å². The minimum absolute atomic E-state index is 0.00654. The SMILES string of the molecule is Cc1ccc(C)c(OCC(=O)N(CCC(N)=O)c2ccc(F)cc2)c1. The van der Waals surface area contributed by atoms with Crippen LogP contribution in [0.1, 0.15) is 17.5 Å². The molecule has 0 aromatic heterocycles.